The molecule has 0 spiro atoms. The Morgan fingerprint density at radius 1 is 1.40 bits per heavy atom. The number of likely N-dealkylation sites (N-methyl/N-ethyl adjacent to an activating group) is 1. The summed E-state index contributed by atoms with van der Waals surface area (Å²) in [6.07, 6.45) is 4.78. The standard InChI is InChI=1S/C16H22BrNO2/c1-18(14-7-2-3-8-15(14)19)16(20)10-9-12-5-4-6-13(17)11-12/h4-6,11,14-15,19H,2-3,7-10H2,1H3. The number of amides is 1. The highest BCUT2D eigenvalue weighted by Gasteiger charge is 2.28. The van der Waals surface area contributed by atoms with Gasteiger partial charge in [0.2, 0.25) is 5.91 Å². The van der Waals surface area contributed by atoms with Gasteiger partial charge >= 0.3 is 0 Å². The molecule has 0 radical (unpaired) electrons. The predicted octanol–water partition coefficient (Wildman–Crippen LogP) is 3.14. The van der Waals surface area contributed by atoms with E-state index in [9.17, 15) is 9.90 Å². The van der Waals surface area contributed by atoms with Gasteiger partial charge in [-0.05, 0) is 37.0 Å². The van der Waals surface area contributed by atoms with Crippen molar-refractivity contribution in [1.29, 1.82) is 0 Å². The van der Waals surface area contributed by atoms with E-state index in [4.69, 9.17) is 0 Å². The second-order valence-corrected chi connectivity index (χ2v) is 6.47. The van der Waals surface area contributed by atoms with Gasteiger partial charge in [0.1, 0.15) is 0 Å². The quantitative estimate of drug-likeness (QED) is 0.915. The highest BCUT2D eigenvalue weighted by Crippen LogP contribution is 2.23. The van der Waals surface area contributed by atoms with E-state index in [0.717, 1.165) is 42.1 Å². The first-order valence-corrected chi connectivity index (χ1v) is 8.05. The number of carbonyl (C=O) groups is 1. The van der Waals surface area contributed by atoms with E-state index in [0.29, 0.717) is 6.42 Å². The summed E-state index contributed by atoms with van der Waals surface area (Å²) in [6, 6.07) is 8.05. The minimum Gasteiger partial charge on any atom is -0.391 e. The number of rotatable bonds is 4. The number of aliphatic hydroxyl groups excluding tert-OH is 1. The Hall–Kier alpha value is -0.870. The van der Waals surface area contributed by atoms with Gasteiger partial charge in [-0.1, -0.05) is 40.9 Å². The zero-order valence-electron chi connectivity index (χ0n) is 11.9. The summed E-state index contributed by atoms with van der Waals surface area (Å²) in [5, 5.41) is 10.0. The van der Waals surface area contributed by atoms with Crippen LogP contribution in [0.5, 0.6) is 0 Å². The third-order valence-corrected chi connectivity index (χ3v) is 4.59. The molecule has 1 aromatic rings. The first-order chi connectivity index (χ1) is 9.58. The summed E-state index contributed by atoms with van der Waals surface area (Å²) in [6.45, 7) is 0. The molecular formula is C16H22BrNO2. The van der Waals surface area contributed by atoms with E-state index in [1.165, 1.54) is 0 Å². The number of aliphatic hydroxyl groups is 1. The van der Waals surface area contributed by atoms with Crippen molar-refractivity contribution in [2.45, 2.75) is 50.7 Å². The zero-order chi connectivity index (χ0) is 14.5. The van der Waals surface area contributed by atoms with Crippen molar-refractivity contribution in [1.82, 2.24) is 4.90 Å². The van der Waals surface area contributed by atoms with Crippen LogP contribution < -0.4 is 0 Å². The highest BCUT2D eigenvalue weighted by atomic mass is 79.9. The lowest BCUT2D eigenvalue weighted by Crippen LogP contribution is -2.46. The molecule has 2 atom stereocenters. The fraction of sp³-hybridized carbons (Fsp3) is 0.562. The number of hydrogen-bond acceptors (Lipinski definition) is 2. The first-order valence-electron chi connectivity index (χ1n) is 7.26. The van der Waals surface area contributed by atoms with Crippen LogP contribution in [-0.4, -0.2) is 35.1 Å². The average Bonchev–Trinajstić information content (AvgIpc) is 2.44. The molecule has 20 heavy (non-hydrogen) atoms. The molecular weight excluding hydrogens is 318 g/mol. The van der Waals surface area contributed by atoms with E-state index in [2.05, 4.69) is 15.9 Å². The number of aryl methyl sites for hydroxylation is 1. The Labute approximate surface area is 129 Å². The van der Waals surface area contributed by atoms with Gasteiger partial charge in [-0.25, -0.2) is 0 Å². The molecule has 0 heterocycles. The second kappa shape index (κ2) is 7.23. The maximum absolute atomic E-state index is 12.2. The van der Waals surface area contributed by atoms with Gasteiger partial charge in [0.15, 0.2) is 0 Å². The van der Waals surface area contributed by atoms with E-state index in [-0.39, 0.29) is 18.1 Å². The molecule has 0 aromatic heterocycles. The smallest absolute Gasteiger partial charge is 0.222 e. The van der Waals surface area contributed by atoms with Gasteiger partial charge < -0.3 is 10.0 Å². The summed E-state index contributed by atoms with van der Waals surface area (Å²) >= 11 is 3.44. The predicted molar refractivity (Wildman–Crippen MR) is 83.5 cm³/mol. The lowest BCUT2D eigenvalue weighted by molar-refractivity contribution is -0.135. The molecule has 2 rings (SSSR count). The summed E-state index contributed by atoms with van der Waals surface area (Å²) < 4.78 is 1.04. The molecule has 1 N–H and O–H groups in total. The maximum atomic E-state index is 12.2. The third-order valence-electron chi connectivity index (χ3n) is 4.10. The third kappa shape index (κ3) is 4.06. The molecule has 0 aliphatic heterocycles. The van der Waals surface area contributed by atoms with E-state index in [1.54, 1.807) is 4.90 Å². The lowest BCUT2D eigenvalue weighted by atomic mass is 9.91. The van der Waals surface area contributed by atoms with Crippen molar-refractivity contribution in [3.63, 3.8) is 0 Å². The SMILES string of the molecule is CN(C(=O)CCc1cccc(Br)c1)C1CCCCC1O. The van der Waals surface area contributed by atoms with Gasteiger partial charge in [0.25, 0.3) is 0 Å². The van der Waals surface area contributed by atoms with E-state index < -0.39 is 0 Å². The van der Waals surface area contributed by atoms with Crippen LogP contribution in [0.3, 0.4) is 0 Å². The summed E-state index contributed by atoms with van der Waals surface area (Å²) in [5.41, 5.74) is 1.16. The van der Waals surface area contributed by atoms with Crippen molar-refractivity contribution >= 4 is 21.8 Å². The van der Waals surface area contributed by atoms with Crippen molar-refractivity contribution in [3.05, 3.63) is 34.3 Å². The maximum Gasteiger partial charge on any atom is 0.222 e. The molecule has 110 valence electrons. The fourth-order valence-corrected chi connectivity index (χ4v) is 3.30. The molecule has 1 amide bonds. The number of nitrogens with zero attached hydrogens (tertiary/aromatic N) is 1. The molecule has 2 unspecified atom stereocenters. The van der Waals surface area contributed by atoms with Gasteiger partial charge in [-0.3, -0.25) is 4.79 Å². The van der Waals surface area contributed by atoms with Crippen molar-refractivity contribution in [2.75, 3.05) is 7.05 Å². The minimum atomic E-state index is -0.358. The molecule has 1 aromatic carbocycles. The van der Waals surface area contributed by atoms with Crippen LogP contribution in [0.2, 0.25) is 0 Å². The van der Waals surface area contributed by atoms with Crippen LogP contribution in [0.15, 0.2) is 28.7 Å². The number of halogens is 1. The minimum absolute atomic E-state index is 0.00115. The van der Waals surface area contributed by atoms with Gasteiger partial charge in [-0.2, -0.15) is 0 Å². The average molecular weight is 340 g/mol. The van der Waals surface area contributed by atoms with Gasteiger partial charge in [0.05, 0.1) is 12.1 Å². The Balaban J connectivity index is 1.87. The zero-order valence-corrected chi connectivity index (χ0v) is 13.5. The first kappa shape index (κ1) is 15.5. The number of carbonyl (C=O) groups excluding carboxylic acids is 1. The second-order valence-electron chi connectivity index (χ2n) is 5.55. The van der Waals surface area contributed by atoms with Crippen molar-refractivity contribution in [3.8, 4) is 0 Å². The van der Waals surface area contributed by atoms with Crippen molar-refractivity contribution in [2.24, 2.45) is 0 Å². The Morgan fingerprint density at radius 3 is 2.85 bits per heavy atom. The monoisotopic (exact) mass is 339 g/mol. The molecule has 3 nitrogen and oxygen atoms in total. The molecule has 1 saturated carbocycles. The lowest BCUT2D eigenvalue weighted by Gasteiger charge is -2.35. The molecule has 0 bridgehead atoms. The van der Waals surface area contributed by atoms with Crippen LogP contribution in [0, 0.1) is 0 Å². The molecule has 1 aliphatic carbocycles. The molecule has 0 saturated heterocycles. The molecule has 1 aliphatic rings. The van der Waals surface area contributed by atoms with E-state index in [1.807, 2.05) is 31.3 Å². The Kier molecular flexibility index (Phi) is 5.61. The van der Waals surface area contributed by atoms with Crippen LogP contribution in [0.1, 0.15) is 37.7 Å². The Bertz CT molecular complexity index is 464. The topological polar surface area (TPSA) is 40.5 Å². The number of benzene rings is 1. The van der Waals surface area contributed by atoms with Gasteiger partial charge in [-0.15, -0.1) is 0 Å². The van der Waals surface area contributed by atoms with Crippen LogP contribution >= 0.6 is 15.9 Å². The van der Waals surface area contributed by atoms with Crippen LogP contribution in [0.25, 0.3) is 0 Å². The fourth-order valence-electron chi connectivity index (χ4n) is 2.85. The summed E-state index contributed by atoms with van der Waals surface area (Å²) in [5.74, 6) is 0.121. The summed E-state index contributed by atoms with van der Waals surface area (Å²) in [4.78, 5) is 14.0. The largest absolute Gasteiger partial charge is 0.391 e. The normalized spacial score (nSPS) is 22.6. The van der Waals surface area contributed by atoms with E-state index >= 15 is 0 Å². The van der Waals surface area contributed by atoms with Crippen molar-refractivity contribution < 1.29 is 9.90 Å². The van der Waals surface area contributed by atoms with Gasteiger partial charge in [0, 0.05) is 17.9 Å². The molecule has 1 fully saturated rings. The Morgan fingerprint density at radius 2 is 2.15 bits per heavy atom. The number of hydrogen-bond donors (Lipinski definition) is 1. The summed E-state index contributed by atoms with van der Waals surface area (Å²) in [7, 11) is 1.82. The highest BCUT2D eigenvalue weighted by molar-refractivity contribution is 9.10. The molecule has 4 heteroatoms. The van der Waals surface area contributed by atoms with Crippen LogP contribution in [0.4, 0.5) is 0 Å². The van der Waals surface area contributed by atoms with Crippen LogP contribution in [-0.2, 0) is 11.2 Å².